The molecule has 1 atom stereocenters. The average Bonchev–Trinajstić information content (AvgIpc) is 3.42. The summed E-state index contributed by atoms with van der Waals surface area (Å²) in [4.78, 5) is 38.7. The van der Waals surface area contributed by atoms with Gasteiger partial charge in [-0.2, -0.15) is 0 Å². The van der Waals surface area contributed by atoms with E-state index in [0.29, 0.717) is 22.9 Å². The fourth-order valence-corrected chi connectivity index (χ4v) is 3.65. The Balaban J connectivity index is 1.34. The molecule has 2 heterocycles. The lowest BCUT2D eigenvalue weighted by Gasteiger charge is -2.17. The van der Waals surface area contributed by atoms with Crippen molar-refractivity contribution in [2.45, 2.75) is 13.0 Å². The molecule has 1 unspecified atom stereocenters. The maximum absolute atomic E-state index is 12.6. The number of nitrogens with zero attached hydrogens (tertiary/aromatic N) is 1. The van der Waals surface area contributed by atoms with E-state index in [0.717, 1.165) is 5.56 Å². The van der Waals surface area contributed by atoms with E-state index in [1.54, 1.807) is 59.5 Å². The van der Waals surface area contributed by atoms with Gasteiger partial charge < -0.3 is 20.0 Å². The van der Waals surface area contributed by atoms with Crippen LogP contribution in [0.2, 0.25) is 5.02 Å². The predicted molar refractivity (Wildman–Crippen MR) is 117 cm³/mol. The Kier molecular flexibility index (Phi) is 6.04. The summed E-state index contributed by atoms with van der Waals surface area (Å²) in [6, 6.07) is 17.4. The molecule has 7 nitrogen and oxygen atoms in total. The molecule has 4 rings (SSSR count). The summed E-state index contributed by atoms with van der Waals surface area (Å²) < 4.78 is 5.08. The van der Waals surface area contributed by atoms with Gasteiger partial charge in [0.15, 0.2) is 5.76 Å². The molecule has 1 aromatic heterocycles. The van der Waals surface area contributed by atoms with Gasteiger partial charge in [0, 0.05) is 35.9 Å². The highest BCUT2D eigenvalue weighted by Crippen LogP contribution is 2.27. The fraction of sp³-hybridized carbons (Fsp3) is 0.174. The van der Waals surface area contributed by atoms with E-state index < -0.39 is 5.92 Å². The number of amides is 3. The third kappa shape index (κ3) is 4.95. The molecule has 3 amide bonds. The molecule has 1 aliphatic heterocycles. The molecule has 0 bridgehead atoms. The predicted octanol–water partition coefficient (Wildman–Crippen LogP) is 3.85. The summed E-state index contributed by atoms with van der Waals surface area (Å²) in [7, 11) is 0. The summed E-state index contributed by atoms with van der Waals surface area (Å²) >= 11 is 6.01. The van der Waals surface area contributed by atoms with Crippen molar-refractivity contribution >= 4 is 40.7 Å². The number of halogens is 1. The number of carbonyl (C=O) groups is 3. The SMILES string of the molecule is O=C(Nc1cccc(CNC(=O)C2CC(=O)N(c3cccc(Cl)c3)C2)c1)c1ccco1. The van der Waals surface area contributed by atoms with Crippen molar-refractivity contribution in [1.82, 2.24) is 5.32 Å². The average molecular weight is 438 g/mol. The highest BCUT2D eigenvalue weighted by atomic mass is 35.5. The van der Waals surface area contributed by atoms with Crippen LogP contribution in [0.15, 0.2) is 71.3 Å². The number of anilines is 2. The molecular weight excluding hydrogens is 418 g/mol. The molecule has 1 saturated heterocycles. The molecule has 0 radical (unpaired) electrons. The molecule has 31 heavy (non-hydrogen) atoms. The van der Waals surface area contributed by atoms with Crippen molar-refractivity contribution in [3.8, 4) is 0 Å². The Morgan fingerprint density at radius 1 is 1.10 bits per heavy atom. The van der Waals surface area contributed by atoms with Gasteiger partial charge in [0.25, 0.3) is 5.91 Å². The summed E-state index contributed by atoms with van der Waals surface area (Å²) in [5.74, 6) is -0.869. The number of benzene rings is 2. The number of hydrogen-bond donors (Lipinski definition) is 2. The number of hydrogen-bond acceptors (Lipinski definition) is 4. The number of rotatable bonds is 6. The van der Waals surface area contributed by atoms with E-state index in [9.17, 15) is 14.4 Å². The quantitative estimate of drug-likeness (QED) is 0.612. The van der Waals surface area contributed by atoms with Gasteiger partial charge in [-0.3, -0.25) is 14.4 Å². The monoisotopic (exact) mass is 437 g/mol. The van der Waals surface area contributed by atoms with E-state index in [1.807, 2.05) is 6.07 Å². The second-order valence-corrected chi connectivity index (χ2v) is 7.67. The summed E-state index contributed by atoms with van der Waals surface area (Å²) in [6.07, 6.45) is 1.58. The zero-order valence-corrected chi connectivity index (χ0v) is 17.3. The Morgan fingerprint density at radius 3 is 2.71 bits per heavy atom. The first-order valence-corrected chi connectivity index (χ1v) is 10.1. The highest BCUT2D eigenvalue weighted by molar-refractivity contribution is 6.31. The first-order valence-electron chi connectivity index (χ1n) is 9.77. The standard InChI is InChI=1S/C23H20ClN3O4/c24-17-5-2-7-19(12-17)27-14-16(11-21(27)28)22(29)25-13-15-4-1-6-18(10-15)26-23(30)20-8-3-9-31-20/h1-10,12,16H,11,13-14H2,(H,25,29)(H,26,30). The van der Waals surface area contributed by atoms with Crippen LogP contribution < -0.4 is 15.5 Å². The molecule has 2 N–H and O–H groups in total. The first-order chi connectivity index (χ1) is 15.0. The minimum atomic E-state index is -0.437. The maximum atomic E-state index is 12.6. The summed E-state index contributed by atoms with van der Waals surface area (Å²) in [6.45, 7) is 0.593. The van der Waals surface area contributed by atoms with Crippen LogP contribution >= 0.6 is 11.6 Å². The third-order valence-corrected chi connectivity index (χ3v) is 5.25. The van der Waals surface area contributed by atoms with E-state index in [2.05, 4.69) is 10.6 Å². The minimum absolute atomic E-state index is 0.106. The first kappa shape index (κ1) is 20.7. The lowest BCUT2D eigenvalue weighted by Crippen LogP contribution is -2.32. The van der Waals surface area contributed by atoms with Gasteiger partial charge in [-0.1, -0.05) is 29.8 Å². The van der Waals surface area contributed by atoms with Crippen molar-refractivity contribution in [2.75, 3.05) is 16.8 Å². The van der Waals surface area contributed by atoms with Crippen LogP contribution in [-0.4, -0.2) is 24.3 Å². The molecule has 1 fully saturated rings. The van der Waals surface area contributed by atoms with Crippen LogP contribution in [0.25, 0.3) is 0 Å². The van der Waals surface area contributed by atoms with Gasteiger partial charge in [0.2, 0.25) is 11.8 Å². The molecule has 0 aliphatic carbocycles. The van der Waals surface area contributed by atoms with Gasteiger partial charge in [-0.25, -0.2) is 0 Å². The number of furan rings is 1. The van der Waals surface area contributed by atoms with Crippen molar-refractivity contribution in [3.05, 3.63) is 83.3 Å². The molecular formula is C23H20ClN3O4. The second kappa shape index (κ2) is 9.06. The van der Waals surface area contributed by atoms with Gasteiger partial charge >= 0.3 is 0 Å². The number of nitrogens with one attached hydrogen (secondary N) is 2. The molecule has 8 heteroatoms. The van der Waals surface area contributed by atoms with Gasteiger partial charge in [0.1, 0.15) is 0 Å². The highest BCUT2D eigenvalue weighted by Gasteiger charge is 2.35. The van der Waals surface area contributed by atoms with Crippen LogP contribution in [0.3, 0.4) is 0 Å². The van der Waals surface area contributed by atoms with E-state index >= 15 is 0 Å². The van der Waals surface area contributed by atoms with Gasteiger partial charge in [-0.15, -0.1) is 0 Å². The van der Waals surface area contributed by atoms with Crippen molar-refractivity contribution in [1.29, 1.82) is 0 Å². The maximum Gasteiger partial charge on any atom is 0.291 e. The second-order valence-electron chi connectivity index (χ2n) is 7.23. The van der Waals surface area contributed by atoms with Crippen LogP contribution in [0.4, 0.5) is 11.4 Å². The van der Waals surface area contributed by atoms with E-state index in [1.165, 1.54) is 6.26 Å². The van der Waals surface area contributed by atoms with Gasteiger partial charge in [-0.05, 0) is 48.0 Å². The van der Waals surface area contributed by atoms with E-state index in [-0.39, 0.29) is 36.4 Å². The Bertz CT molecular complexity index is 1110. The van der Waals surface area contributed by atoms with Crippen molar-refractivity contribution in [2.24, 2.45) is 5.92 Å². The van der Waals surface area contributed by atoms with Gasteiger partial charge in [0.05, 0.1) is 12.2 Å². The lowest BCUT2D eigenvalue weighted by atomic mass is 10.1. The third-order valence-electron chi connectivity index (χ3n) is 5.01. The van der Waals surface area contributed by atoms with Crippen molar-refractivity contribution < 1.29 is 18.8 Å². The fourth-order valence-electron chi connectivity index (χ4n) is 3.47. The smallest absolute Gasteiger partial charge is 0.291 e. The topological polar surface area (TPSA) is 91.7 Å². The number of carbonyl (C=O) groups excluding carboxylic acids is 3. The van der Waals surface area contributed by atoms with Crippen LogP contribution in [0, 0.1) is 5.92 Å². The normalized spacial score (nSPS) is 15.7. The van der Waals surface area contributed by atoms with E-state index in [4.69, 9.17) is 16.0 Å². The Hall–Kier alpha value is -3.58. The molecule has 0 spiro atoms. The molecule has 1 aliphatic rings. The van der Waals surface area contributed by atoms with Crippen molar-refractivity contribution in [3.63, 3.8) is 0 Å². The van der Waals surface area contributed by atoms with Crippen LogP contribution in [0.5, 0.6) is 0 Å². The molecule has 2 aromatic carbocycles. The van der Waals surface area contributed by atoms with Crippen LogP contribution in [-0.2, 0) is 16.1 Å². The molecule has 158 valence electrons. The lowest BCUT2D eigenvalue weighted by molar-refractivity contribution is -0.126. The molecule has 0 saturated carbocycles. The summed E-state index contributed by atoms with van der Waals surface area (Å²) in [5.41, 5.74) is 2.10. The minimum Gasteiger partial charge on any atom is -0.459 e. The summed E-state index contributed by atoms with van der Waals surface area (Å²) in [5, 5.41) is 6.17. The largest absolute Gasteiger partial charge is 0.459 e. The Labute approximate surface area is 184 Å². The Morgan fingerprint density at radius 2 is 1.94 bits per heavy atom. The zero-order valence-electron chi connectivity index (χ0n) is 16.5. The molecule has 3 aromatic rings. The van der Waals surface area contributed by atoms with Crippen LogP contribution in [0.1, 0.15) is 22.5 Å². The zero-order chi connectivity index (χ0) is 21.8.